The van der Waals surface area contributed by atoms with Gasteiger partial charge in [0.15, 0.2) is 0 Å². The molecule has 3 heteroatoms. The van der Waals surface area contributed by atoms with Crippen molar-refractivity contribution in [2.45, 2.75) is 22.7 Å². The standard InChI is InChI=1S/C21H20N2S/c1-3-12-23-17-10-6-4-8-14(17)13-16-19-15-9-5-7-11-18(15)22(2)21(19)24-20(16)23/h3-11,16,20H,1,12-13H2,2H3/t16-,20+/m0/s1. The van der Waals surface area contributed by atoms with Gasteiger partial charge in [0.05, 0.1) is 10.4 Å². The predicted octanol–water partition coefficient (Wildman–Crippen LogP) is 4.94. The van der Waals surface area contributed by atoms with Crippen LogP contribution in [0.25, 0.3) is 10.9 Å². The van der Waals surface area contributed by atoms with Crippen molar-refractivity contribution in [1.82, 2.24) is 4.57 Å². The van der Waals surface area contributed by atoms with E-state index in [4.69, 9.17) is 0 Å². The van der Waals surface area contributed by atoms with Crippen LogP contribution in [0.1, 0.15) is 17.0 Å². The van der Waals surface area contributed by atoms with Gasteiger partial charge in [-0.2, -0.15) is 0 Å². The number of hydrogen-bond donors (Lipinski definition) is 0. The van der Waals surface area contributed by atoms with Gasteiger partial charge in [-0.25, -0.2) is 0 Å². The molecule has 0 bridgehead atoms. The third kappa shape index (κ3) is 1.79. The van der Waals surface area contributed by atoms with Gasteiger partial charge in [0.2, 0.25) is 0 Å². The van der Waals surface area contributed by atoms with Crippen LogP contribution in [0.15, 0.2) is 66.2 Å². The summed E-state index contributed by atoms with van der Waals surface area (Å²) >= 11 is 2.03. The SMILES string of the molecule is C=CCN1c2ccccc2C[C@H]2c3c(n(C)c4ccccc34)S[C@H]21. The Morgan fingerprint density at radius 3 is 2.83 bits per heavy atom. The minimum atomic E-state index is 0.471. The molecule has 0 N–H and O–H groups in total. The van der Waals surface area contributed by atoms with Gasteiger partial charge in [0, 0.05) is 36.1 Å². The van der Waals surface area contributed by atoms with Gasteiger partial charge in [0.25, 0.3) is 0 Å². The van der Waals surface area contributed by atoms with E-state index in [0.29, 0.717) is 11.3 Å². The van der Waals surface area contributed by atoms with Crippen molar-refractivity contribution in [2.75, 3.05) is 11.4 Å². The molecule has 120 valence electrons. The molecule has 0 unspecified atom stereocenters. The second-order valence-electron chi connectivity index (χ2n) is 6.68. The average molecular weight is 332 g/mol. The molecule has 0 aliphatic carbocycles. The summed E-state index contributed by atoms with van der Waals surface area (Å²) in [4.78, 5) is 2.54. The summed E-state index contributed by atoms with van der Waals surface area (Å²) in [7, 11) is 2.20. The molecule has 2 nitrogen and oxygen atoms in total. The lowest BCUT2D eigenvalue weighted by molar-refractivity contribution is 0.599. The van der Waals surface area contributed by atoms with E-state index in [2.05, 4.69) is 71.6 Å². The fourth-order valence-corrected chi connectivity index (χ4v) is 6.00. The van der Waals surface area contributed by atoms with Crippen molar-refractivity contribution in [3.63, 3.8) is 0 Å². The van der Waals surface area contributed by atoms with Crippen molar-refractivity contribution in [2.24, 2.45) is 7.05 Å². The van der Waals surface area contributed by atoms with Crippen LogP contribution in [0, 0.1) is 0 Å². The first-order valence-corrected chi connectivity index (χ1v) is 9.37. The molecule has 24 heavy (non-hydrogen) atoms. The number of aromatic nitrogens is 1. The Morgan fingerprint density at radius 1 is 1.17 bits per heavy atom. The molecule has 0 saturated heterocycles. The number of nitrogens with zero attached hydrogens (tertiary/aromatic N) is 2. The summed E-state index contributed by atoms with van der Waals surface area (Å²) < 4.78 is 2.38. The fourth-order valence-electron chi connectivity index (χ4n) is 4.40. The summed E-state index contributed by atoms with van der Waals surface area (Å²) in [5.74, 6) is 0.547. The Bertz CT molecular complexity index is 956. The molecular formula is C21H20N2S. The highest BCUT2D eigenvalue weighted by atomic mass is 32.2. The van der Waals surface area contributed by atoms with E-state index in [1.807, 2.05) is 17.8 Å². The molecular weight excluding hydrogens is 312 g/mol. The number of para-hydroxylation sites is 2. The maximum atomic E-state index is 3.99. The molecule has 3 heterocycles. The van der Waals surface area contributed by atoms with Crippen molar-refractivity contribution < 1.29 is 0 Å². The number of thioether (sulfide) groups is 1. The summed E-state index contributed by atoms with van der Waals surface area (Å²) in [6, 6.07) is 17.7. The van der Waals surface area contributed by atoms with E-state index < -0.39 is 0 Å². The molecule has 0 saturated carbocycles. The van der Waals surface area contributed by atoms with Crippen molar-refractivity contribution >= 4 is 28.4 Å². The van der Waals surface area contributed by atoms with Gasteiger partial charge < -0.3 is 9.47 Å². The zero-order chi connectivity index (χ0) is 16.3. The van der Waals surface area contributed by atoms with Crippen LogP contribution in [0.2, 0.25) is 0 Å². The number of fused-ring (bicyclic) bond motifs is 6. The van der Waals surface area contributed by atoms with E-state index in [1.54, 1.807) is 5.56 Å². The maximum absolute atomic E-state index is 3.99. The first-order valence-electron chi connectivity index (χ1n) is 8.49. The Labute approximate surface area is 146 Å². The van der Waals surface area contributed by atoms with Crippen LogP contribution in [-0.2, 0) is 13.5 Å². The lowest BCUT2D eigenvalue weighted by atomic mass is 9.87. The molecule has 2 aromatic carbocycles. The third-order valence-corrected chi connectivity index (χ3v) is 6.95. The monoisotopic (exact) mass is 332 g/mol. The zero-order valence-corrected chi connectivity index (χ0v) is 14.6. The van der Waals surface area contributed by atoms with Crippen LogP contribution in [-0.4, -0.2) is 16.5 Å². The molecule has 0 fully saturated rings. The number of rotatable bonds is 2. The second-order valence-corrected chi connectivity index (χ2v) is 7.79. The smallest absolute Gasteiger partial charge is 0.0887 e. The molecule has 0 radical (unpaired) electrons. The summed E-state index contributed by atoms with van der Waals surface area (Å²) in [6.45, 7) is 4.89. The van der Waals surface area contributed by atoms with E-state index in [9.17, 15) is 0 Å². The van der Waals surface area contributed by atoms with E-state index in [-0.39, 0.29) is 0 Å². The number of benzene rings is 2. The first-order chi connectivity index (χ1) is 11.8. The lowest BCUT2D eigenvalue weighted by Gasteiger charge is -2.39. The topological polar surface area (TPSA) is 8.17 Å². The lowest BCUT2D eigenvalue weighted by Crippen LogP contribution is -2.40. The van der Waals surface area contributed by atoms with E-state index in [1.165, 1.54) is 27.2 Å². The Balaban J connectivity index is 1.71. The fraction of sp³-hybridized carbons (Fsp3) is 0.238. The number of aryl methyl sites for hydroxylation is 1. The molecule has 3 aromatic rings. The molecule has 2 aliphatic heterocycles. The highest BCUT2D eigenvalue weighted by molar-refractivity contribution is 8.00. The largest absolute Gasteiger partial charge is 0.355 e. The number of anilines is 1. The maximum Gasteiger partial charge on any atom is 0.0887 e. The number of hydrogen-bond acceptors (Lipinski definition) is 2. The van der Waals surface area contributed by atoms with Gasteiger partial charge in [-0.3, -0.25) is 0 Å². The molecule has 0 amide bonds. The second kappa shape index (κ2) is 5.18. The normalized spacial score (nSPS) is 21.5. The Kier molecular flexibility index (Phi) is 3.07. The average Bonchev–Trinajstić information content (AvgIpc) is 3.12. The van der Waals surface area contributed by atoms with Crippen molar-refractivity contribution in [3.05, 3.63) is 72.3 Å². The van der Waals surface area contributed by atoms with Crippen LogP contribution < -0.4 is 4.90 Å². The van der Waals surface area contributed by atoms with Crippen LogP contribution in [0.3, 0.4) is 0 Å². The van der Waals surface area contributed by atoms with Gasteiger partial charge in [-0.05, 0) is 29.7 Å². The van der Waals surface area contributed by atoms with Gasteiger partial charge >= 0.3 is 0 Å². The van der Waals surface area contributed by atoms with Gasteiger partial charge in [-0.1, -0.05) is 54.2 Å². The third-order valence-electron chi connectivity index (χ3n) is 5.41. The van der Waals surface area contributed by atoms with E-state index >= 15 is 0 Å². The van der Waals surface area contributed by atoms with Crippen LogP contribution in [0.5, 0.6) is 0 Å². The van der Waals surface area contributed by atoms with Crippen LogP contribution >= 0.6 is 11.8 Å². The molecule has 2 atom stereocenters. The molecule has 5 rings (SSSR count). The first kappa shape index (κ1) is 14.2. The Hall–Kier alpha value is -2.13. The highest BCUT2D eigenvalue weighted by Crippen LogP contribution is 2.55. The van der Waals surface area contributed by atoms with E-state index in [0.717, 1.165) is 13.0 Å². The highest BCUT2D eigenvalue weighted by Gasteiger charge is 2.43. The van der Waals surface area contributed by atoms with Crippen molar-refractivity contribution in [3.8, 4) is 0 Å². The quantitative estimate of drug-likeness (QED) is 0.614. The molecule has 1 aromatic heterocycles. The minimum Gasteiger partial charge on any atom is -0.355 e. The molecule has 2 aliphatic rings. The zero-order valence-electron chi connectivity index (χ0n) is 13.8. The summed E-state index contributed by atoms with van der Waals surface area (Å²) in [5, 5.41) is 3.33. The van der Waals surface area contributed by atoms with Crippen molar-refractivity contribution in [1.29, 1.82) is 0 Å². The van der Waals surface area contributed by atoms with Crippen LogP contribution in [0.4, 0.5) is 5.69 Å². The Morgan fingerprint density at radius 2 is 1.96 bits per heavy atom. The minimum absolute atomic E-state index is 0.471. The van der Waals surface area contributed by atoms with Gasteiger partial charge in [0.1, 0.15) is 0 Å². The predicted molar refractivity (Wildman–Crippen MR) is 103 cm³/mol. The summed E-state index contributed by atoms with van der Waals surface area (Å²) in [5.41, 5.74) is 5.74. The summed E-state index contributed by atoms with van der Waals surface area (Å²) in [6.07, 6.45) is 3.16. The van der Waals surface area contributed by atoms with Gasteiger partial charge in [-0.15, -0.1) is 6.58 Å². The molecule has 0 spiro atoms.